The molecule has 0 aliphatic rings. The highest BCUT2D eigenvalue weighted by Gasteiger charge is 2.26. The van der Waals surface area contributed by atoms with E-state index in [0.29, 0.717) is 11.3 Å². The molecule has 86 valence electrons. The Hall–Kier alpha value is -0.540. The molecule has 1 aromatic rings. The summed E-state index contributed by atoms with van der Waals surface area (Å²) in [4.78, 5) is 0. The highest BCUT2D eigenvalue weighted by Crippen LogP contribution is 2.22. The van der Waals surface area contributed by atoms with Gasteiger partial charge in [-0.3, -0.25) is 0 Å². The first-order valence-corrected chi connectivity index (χ1v) is 8.18. The lowest BCUT2D eigenvalue weighted by atomic mass is 10.6. The lowest BCUT2D eigenvalue weighted by molar-refractivity contribution is 0.584. The quantitative estimate of drug-likeness (QED) is 0.774. The van der Waals surface area contributed by atoms with E-state index in [0.717, 1.165) is 6.26 Å². The van der Waals surface area contributed by atoms with Gasteiger partial charge in [0.2, 0.25) is 28.4 Å². The molecule has 0 fully saturated rings. The average molecular weight is 270 g/mol. The Labute approximate surface area is 92.2 Å². The minimum atomic E-state index is -3.54. The van der Waals surface area contributed by atoms with Gasteiger partial charge in [0.1, 0.15) is 0 Å². The monoisotopic (exact) mass is 270 g/mol. The number of aromatic nitrogens is 2. The van der Waals surface area contributed by atoms with E-state index in [2.05, 4.69) is 10.2 Å². The standard InChI is InChI=1S/C6H10N2O4S3/c1-4(2)15(11,12)6-8-7-5(13-6)14(3,9)10/h4H,1-3H3. The number of hydrogen-bond donors (Lipinski definition) is 0. The first-order valence-electron chi connectivity index (χ1n) is 3.93. The Balaban J connectivity index is 3.28. The van der Waals surface area contributed by atoms with Crippen LogP contribution in [0, 0.1) is 0 Å². The lowest BCUT2D eigenvalue weighted by Crippen LogP contribution is -2.13. The van der Waals surface area contributed by atoms with E-state index in [1.165, 1.54) is 13.8 Å². The predicted molar refractivity (Wildman–Crippen MR) is 55.3 cm³/mol. The van der Waals surface area contributed by atoms with Crippen LogP contribution in [-0.2, 0) is 19.7 Å². The van der Waals surface area contributed by atoms with Crippen molar-refractivity contribution in [2.75, 3.05) is 6.26 Å². The van der Waals surface area contributed by atoms with Crippen molar-refractivity contribution in [1.82, 2.24) is 10.2 Å². The van der Waals surface area contributed by atoms with Gasteiger partial charge in [-0.25, -0.2) is 16.8 Å². The van der Waals surface area contributed by atoms with Gasteiger partial charge >= 0.3 is 0 Å². The molecule has 0 spiro atoms. The third-order valence-corrected chi connectivity index (χ3v) is 6.71. The van der Waals surface area contributed by atoms with Crippen molar-refractivity contribution >= 4 is 31.0 Å². The smallest absolute Gasteiger partial charge is 0.221 e. The summed E-state index contributed by atoms with van der Waals surface area (Å²) in [6.07, 6.45) is 0.958. The summed E-state index contributed by atoms with van der Waals surface area (Å²) in [6, 6.07) is 0. The minimum absolute atomic E-state index is 0.252. The first-order chi connectivity index (χ1) is 6.65. The van der Waals surface area contributed by atoms with Crippen molar-refractivity contribution in [3.8, 4) is 0 Å². The average Bonchev–Trinajstić information content (AvgIpc) is 2.50. The van der Waals surface area contributed by atoms with Crippen molar-refractivity contribution in [2.45, 2.75) is 27.8 Å². The molecule has 9 heteroatoms. The fourth-order valence-corrected chi connectivity index (χ4v) is 4.00. The summed E-state index contributed by atoms with van der Waals surface area (Å²) < 4.78 is 44.8. The molecule has 0 saturated carbocycles. The van der Waals surface area contributed by atoms with Gasteiger partial charge < -0.3 is 0 Å². The Bertz CT molecular complexity index is 555. The highest BCUT2D eigenvalue weighted by molar-refractivity contribution is 7.95. The molecular formula is C6H10N2O4S3. The summed E-state index contributed by atoms with van der Waals surface area (Å²) in [5.41, 5.74) is 0. The molecule has 6 nitrogen and oxygen atoms in total. The second-order valence-electron chi connectivity index (χ2n) is 3.20. The van der Waals surface area contributed by atoms with Crippen molar-refractivity contribution in [3.63, 3.8) is 0 Å². The fourth-order valence-electron chi connectivity index (χ4n) is 0.664. The van der Waals surface area contributed by atoms with E-state index in [4.69, 9.17) is 0 Å². The van der Waals surface area contributed by atoms with Crippen LogP contribution in [-0.4, -0.2) is 38.5 Å². The molecule has 1 aromatic heterocycles. The van der Waals surface area contributed by atoms with Crippen LogP contribution < -0.4 is 0 Å². The molecule has 0 saturated heterocycles. The first kappa shape index (κ1) is 12.5. The fraction of sp³-hybridized carbons (Fsp3) is 0.667. The Morgan fingerprint density at radius 2 is 1.53 bits per heavy atom. The molecule has 1 heterocycles. The molecule has 0 aliphatic heterocycles. The molecule has 0 atom stereocenters. The highest BCUT2D eigenvalue weighted by atomic mass is 32.3. The summed E-state index contributed by atoms with van der Waals surface area (Å²) in [6.45, 7) is 2.99. The van der Waals surface area contributed by atoms with Crippen molar-refractivity contribution in [3.05, 3.63) is 0 Å². The van der Waals surface area contributed by atoms with Gasteiger partial charge in [0.15, 0.2) is 0 Å². The van der Waals surface area contributed by atoms with Crippen LogP contribution in [0.2, 0.25) is 0 Å². The zero-order valence-electron chi connectivity index (χ0n) is 8.33. The number of rotatable bonds is 3. The van der Waals surface area contributed by atoms with E-state index >= 15 is 0 Å². The van der Waals surface area contributed by atoms with Crippen molar-refractivity contribution in [2.24, 2.45) is 0 Å². The largest absolute Gasteiger partial charge is 0.233 e. The van der Waals surface area contributed by atoms with Crippen LogP contribution in [0.4, 0.5) is 0 Å². The van der Waals surface area contributed by atoms with E-state index in [1.807, 2.05) is 0 Å². The zero-order valence-corrected chi connectivity index (χ0v) is 10.8. The maximum atomic E-state index is 11.6. The van der Waals surface area contributed by atoms with Crippen LogP contribution in [0.25, 0.3) is 0 Å². The Morgan fingerprint density at radius 3 is 1.87 bits per heavy atom. The van der Waals surface area contributed by atoms with Gasteiger partial charge in [-0.15, -0.1) is 10.2 Å². The van der Waals surface area contributed by atoms with Crippen LogP contribution in [0.3, 0.4) is 0 Å². The van der Waals surface area contributed by atoms with E-state index in [-0.39, 0.29) is 8.68 Å². The maximum absolute atomic E-state index is 11.6. The van der Waals surface area contributed by atoms with E-state index in [9.17, 15) is 16.8 Å². The SMILES string of the molecule is CC(C)S(=O)(=O)c1nnc(S(C)(=O)=O)s1. The molecule has 0 aliphatic carbocycles. The summed E-state index contributed by atoms with van der Waals surface area (Å²) >= 11 is 0.577. The van der Waals surface area contributed by atoms with Crippen LogP contribution >= 0.6 is 11.3 Å². The molecular weight excluding hydrogens is 260 g/mol. The van der Waals surface area contributed by atoms with Crippen molar-refractivity contribution in [1.29, 1.82) is 0 Å². The zero-order chi connectivity index (χ0) is 11.9. The predicted octanol–water partition coefficient (Wildman–Crippen LogP) is 0.124. The van der Waals surface area contributed by atoms with Crippen LogP contribution in [0.5, 0.6) is 0 Å². The summed E-state index contributed by atoms with van der Waals surface area (Å²) in [7, 11) is -7.02. The normalized spacial score (nSPS) is 13.3. The van der Waals surface area contributed by atoms with Gasteiger partial charge in [0.25, 0.3) is 0 Å². The molecule has 1 rings (SSSR count). The second-order valence-corrected chi connectivity index (χ2v) is 9.04. The molecule has 0 radical (unpaired) electrons. The van der Waals surface area contributed by atoms with Gasteiger partial charge in [0, 0.05) is 6.26 Å². The molecule has 0 unspecified atom stereocenters. The molecule has 0 bridgehead atoms. The van der Waals surface area contributed by atoms with Gasteiger partial charge in [0.05, 0.1) is 5.25 Å². The number of nitrogens with zero attached hydrogens (tertiary/aromatic N) is 2. The van der Waals surface area contributed by atoms with Crippen molar-refractivity contribution < 1.29 is 16.8 Å². The second kappa shape index (κ2) is 3.80. The third-order valence-electron chi connectivity index (χ3n) is 1.57. The van der Waals surface area contributed by atoms with Crippen LogP contribution in [0.1, 0.15) is 13.8 Å². The summed E-state index contributed by atoms with van der Waals surface area (Å²) in [5.74, 6) is 0. The van der Waals surface area contributed by atoms with Gasteiger partial charge in [-0.2, -0.15) is 0 Å². The molecule has 0 N–H and O–H groups in total. The maximum Gasteiger partial charge on any atom is 0.233 e. The molecule has 0 amide bonds. The lowest BCUT2D eigenvalue weighted by Gasteiger charge is -2.01. The van der Waals surface area contributed by atoms with Crippen LogP contribution in [0.15, 0.2) is 8.68 Å². The number of hydrogen-bond acceptors (Lipinski definition) is 7. The Kier molecular flexibility index (Phi) is 3.17. The van der Waals surface area contributed by atoms with Gasteiger partial charge in [-0.05, 0) is 13.8 Å². The Morgan fingerprint density at radius 1 is 1.07 bits per heavy atom. The molecule has 15 heavy (non-hydrogen) atoms. The summed E-state index contributed by atoms with van der Waals surface area (Å²) in [5, 5.41) is 6.07. The third kappa shape index (κ3) is 2.52. The van der Waals surface area contributed by atoms with E-state index in [1.54, 1.807) is 0 Å². The number of sulfone groups is 2. The van der Waals surface area contributed by atoms with E-state index < -0.39 is 24.9 Å². The minimum Gasteiger partial charge on any atom is -0.221 e. The topological polar surface area (TPSA) is 94.1 Å². The molecule has 0 aromatic carbocycles. The van der Waals surface area contributed by atoms with Gasteiger partial charge in [-0.1, -0.05) is 11.3 Å².